The molecule has 2 heterocycles. The van der Waals surface area contributed by atoms with Gasteiger partial charge >= 0.3 is 11.9 Å². The molecule has 3 aliphatic rings. The fraction of sp³-hybridized carbons (Fsp3) is 0.882. The van der Waals surface area contributed by atoms with Gasteiger partial charge in [-0.25, -0.2) is 0 Å². The van der Waals surface area contributed by atoms with Crippen molar-refractivity contribution in [1.82, 2.24) is 10.2 Å². The van der Waals surface area contributed by atoms with Gasteiger partial charge in [-0.3, -0.25) is 14.5 Å². The number of carboxylic acids is 2. The first-order valence-corrected chi connectivity index (χ1v) is 10.2. The van der Waals surface area contributed by atoms with Gasteiger partial charge in [0.1, 0.15) is 12.1 Å². The highest BCUT2D eigenvalue weighted by atomic mass is 32.2. The van der Waals surface area contributed by atoms with Crippen LogP contribution in [0.5, 0.6) is 0 Å². The highest BCUT2D eigenvalue weighted by Gasteiger charge is 2.41. The Bertz CT molecular complexity index is 489. The summed E-state index contributed by atoms with van der Waals surface area (Å²) >= 11 is 1.76. The standard InChI is InChI=1S/C17H28N2O4S/c1-24-13-6-15(17(22)23)19(9-13)8-10-2-3-11-7-18-14(16(20)21)5-12(11)4-10/h10-15,18H,2-9H2,1H3,(H,20,21)(H,22,23). The predicted octanol–water partition coefficient (Wildman–Crippen LogP) is 1.36. The molecule has 7 heteroatoms. The minimum absolute atomic E-state index is 0.347. The molecule has 0 spiro atoms. The minimum Gasteiger partial charge on any atom is -0.480 e. The van der Waals surface area contributed by atoms with Crippen molar-refractivity contribution in [3.63, 3.8) is 0 Å². The van der Waals surface area contributed by atoms with Crippen LogP contribution in [-0.4, -0.2) is 70.3 Å². The molecule has 3 N–H and O–H groups in total. The topological polar surface area (TPSA) is 89.9 Å². The number of nitrogens with one attached hydrogen (secondary N) is 1. The number of likely N-dealkylation sites (tertiary alicyclic amines) is 1. The second-order valence-corrected chi connectivity index (χ2v) is 8.77. The first kappa shape index (κ1) is 18.0. The summed E-state index contributed by atoms with van der Waals surface area (Å²) in [6.45, 7) is 2.52. The molecule has 136 valence electrons. The van der Waals surface area contributed by atoms with E-state index in [2.05, 4.69) is 16.5 Å². The quantitative estimate of drug-likeness (QED) is 0.685. The zero-order valence-corrected chi connectivity index (χ0v) is 15.0. The van der Waals surface area contributed by atoms with Gasteiger partial charge in [0.25, 0.3) is 0 Å². The van der Waals surface area contributed by atoms with E-state index < -0.39 is 18.0 Å². The third-order valence-corrected chi connectivity index (χ3v) is 7.20. The summed E-state index contributed by atoms with van der Waals surface area (Å²) in [6, 6.07) is -0.760. The van der Waals surface area contributed by atoms with Crippen molar-refractivity contribution in [3.05, 3.63) is 0 Å². The van der Waals surface area contributed by atoms with Gasteiger partial charge in [-0.2, -0.15) is 11.8 Å². The third kappa shape index (κ3) is 3.89. The van der Waals surface area contributed by atoms with E-state index in [9.17, 15) is 19.8 Å². The molecule has 3 fully saturated rings. The molecule has 2 aliphatic heterocycles. The molecule has 1 saturated carbocycles. The number of hydrogen-bond donors (Lipinski definition) is 3. The van der Waals surface area contributed by atoms with Crippen LogP contribution in [0.25, 0.3) is 0 Å². The van der Waals surface area contributed by atoms with Crippen molar-refractivity contribution in [3.8, 4) is 0 Å². The molecule has 0 aromatic heterocycles. The normalized spacial score (nSPS) is 40.2. The van der Waals surface area contributed by atoms with Gasteiger partial charge in [0.05, 0.1) is 0 Å². The smallest absolute Gasteiger partial charge is 0.320 e. The molecule has 3 rings (SSSR count). The summed E-state index contributed by atoms with van der Waals surface area (Å²) in [5.74, 6) is 0.108. The van der Waals surface area contributed by atoms with E-state index in [0.717, 1.165) is 45.3 Å². The van der Waals surface area contributed by atoms with E-state index in [4.69, 9.17) is 0 Å². The third-order valence-electron chi connectivity index (χ3n) is 6.19. The van der Waals surface area contributed by atoms with Crippen molar-refractivity contribution < 1.29 is 19.8 Å². The summed E-state index contributed by atoms with van der Waals surface area (Å²) in [5, 5.41) is 22.3. The fourth-order valence-corrected chi connectivity index (χ4v) is 5.55. The number of thioether (sulfide) groups is 1. The molecule has 0 radical (unpaired) electrons. The van der Waals surface area contributed by atoms with E-state index in [1.165, 1.54) is 0 Å². The maximum Gasteiger partial charge on any atom is 0.320 e. The van der Waals surface area contributed by atoms with Crippen LogP contribution < -0.4 is 5.32 Å². The molecule has 6 unspecified atom stereocenters. The molecule has 0 bridgehead atoms. The second-order valence-electron chi connectivity index (χ2n) is 7.64. The summed E-state index contributed by atoms with van der Waals surface area (Å²) in [6.07, 6.45) is 6.81. The lowest BCUT2D eigenvalue weighted by atomic mass is 9.69. The monoisotopic (exact) mass is 356 g/mol. The number of aliphatic carboxylic acids is 2. The van der Waals surface area contributed by atoms with E-state index in [0.29, 0.717) is 29.4 Å². The summed E-state index contributed by atoms with van der Waals surface area (Å²) in [5.41, 5.74) is 0. The molecule has 2 saturated heterocycles. The fourth-order valence-electron chi connectivity index (χ4n) is 4.84. The highest BCUT2D eigenvalue weighted by Crippen LogP contribution is 2.40. The van der Waals surface area contributed by atoms with E-state index in [1.54, 1.807) is 11.8 Å². The summed E-state index contributed by atoms with van der Waals surface area (Å²) < 4.78 is 0. The molecule has 1 aliphatic carbocycles. The Hall–Kier alpha value is -0.790. The Balaban J connectivity index is 1.58. The Labute approximate surface area is 147 Å². The maximum atomic E-state index is 11.5. The van der Waals surface area contributed by atoms with Crippen LogP contribution in [0.1, 0.15) is 32.1 Å². The van der Waals surface area contributed by atoms with Crippen molar-refractivity contribution in [2.75, 3.05) is 25.9 Å². The lowest BCUT2D eigenvalue weighted by molar-refractivity contribution is -0.143. The first-order chi connectivity index (χ1) is 11.5. The van der Waals surface area contributed by atoms with E-state index in [1.807, 2.05) is 0 Å². The van der Waals surface area contributed by atoms with Gasteiger partial charge in [0.2, 0.25) is 0 Å². The number of carbonyl (C=O) groups is 2. The van der Waals surface area contributed by atoms with Gasteiger partial charge in [0, 0.05) is 18.3 Å². The maximum absolute atomic E-state index is 11.5. The molecule has 6 nitrogen and oxygen atoms in total. The highest BCUT2D eigenvalue weighted by molar-refractivity contribution is 7.99. The van der Waals surface area contributed by atoms with Crippen molar-refractivity contribution in [2.24, 2.45) is 17.8 Å². The van der Waals surface area contributed by atoms with Crippen LogP contribution in [0.4, 0.5) is 0 Å². The van der Waals surface area contributed by atoms with Crippen LogP contribution in [0.3, 0.4) is 0 Å². The largest absolute Gasteiger partial charge is 0.480 e. The van der Waals surface area contributed by atoms with Crippen LogP contribution >= 0.6 is 11.8 Å². The minimum atomic E-state index is -0.746. The summed E-state index contributed by atoms with van der Waals surface area (Å²) in [4.78, 5) is 24.9. The number of piperidine rings is 1. The zero-order valence-electron chi connectivity index (χ0n) is 14.2. The molecule has 24 heavy (non-hydrogen) atoms. The second kappa shape index (κ2) is 7.62. The molecule has 6 atom stereocenters. The number of hydrogen-bond acceptors (Lipinski definition) is 5. The zero-order chi connectivity index (χ0) is 17.3. The van der Waals surface area contributed by atoms with Gasteiger partial charge in [-0.15, -0.1) is 0 Å². The average molecular weight is 356 g/mol. The van der Waals surface area contributed by atoms with Crippen LogP contribution in [-0.2, 0) is 9.59 Å². The van der Waals surface area contributed by atoms with Crippen molar-refractivity contribution >= 4 is 23.7 Å². The van der Waals surface area contributed by atoms with Crippen molar-refractivity contribution in [1.29, 1.82) is 0 Å². The molecule has 0 aromatic rings. The van der Waals surface area contributed by atoms with Crippen LogP contribution in [0.2, 0.25) is 0 Å². The first-order valence-electron chi connectivity index (χ1n) is 8.93. The Morgan fingerprint density at radius 1 is 1.12 bits per heavy atom. The van der Waals surface area contributed by atoms with Gasteiger partial charge < -0.3 is 15.5 Å². The number of fused-ring (bicyclic) bond motifs is 1. The lowest BCUT2D eigenvalue weighted by Crippen LogP contribution is -2.50. The van der Waals surface area contributed by atoms with Crippen molar-refractivity contribution in [2.45, 2.75) is 49.4 Å². The Morgan fingerprint density at radius 3 is 2.58 bits per heavy atom. The van der Waals surface area contributed by atoms with Gasteiger partial charge in [-0.05, 0) is 62.7 Å². The molecule has 0 aromatic carbocycles. The van der Waals surface area contributed by atoms with E-state index >= 15 is 0 Å². The summed E-state index contributed by atoms with van der Waals surface area (Å²) in [7, 11) is 0. The molecular weight excluding hydrogens is 328 g/mol. The van der Waals surface area contributed by atoms with Crippen LogP contribution in [0.15, 0.2) is 0 Å². The SMILES string of the molecule is CSC1CC(C(=O)O)N(CC2CCC3CNC(C(=O)O)CC3C2)C1. The van der Waals surface area contributed by atoms with E-state index in [-0.39, 0.29) is 6.04 Å². The number of rotatable bonds is 5. The lowest BCUT2D eigenvalue weighted by Gasteiger charge is -2.42. The predicted molar refractivity (Wildman–Crippen MR) is 93.3 cm³/mol. The van der Waals surface area contributed by atoms with Gasteiger partial charge in [0.15, 0.2) is 0 Å². The average Bonchev–Trinajstić information content (AvgIpc) is 2.97. The Kier molecular flexibility index (Phi) is 5.72. The Morgan fingerprint density at radius 2 is 1.92 bits per heavy atom. The van der Waals surface area contributed by atoms with Gasteiger partial charge in [-0.1, -0.05) is 0 Å². The number of carboxylic acid groups (broad SMARTS) is 2. The number of nitrogens with zero attached hydrogens (tertiary/aromatic N) is 1. The van der Waals surface area contributed by atoms with Crippen LogP contribution in [0, 0.1) is 17.8 Å². The molecular formula is C17H28N2O4S. The molecule has 0 amide bonds.